The molecule has 1 fully saturated rings. The van der Waals surface area contributed by atoms with E-state index in [4.69, 9.17) is 36.9 Å². The molecule has 0 saturated heterocycles. The number of hydrogen-bond acceptors (Lipinski definition) is 9. The summed E-state index contributed by atoms with van der Waals surface area (Å²) in [6, 6.07) is 7.11. The van der Waals surface area contributed by atoms with Crippen LogP contribution >= 0.6 is 23.2 Å². The maximum Gasteiger partial charge on any atom is 0.333 e. The van der Waals surface area contributed by atoms with Crippen LogP contribution in [-0.4, -0.2) is 43.4 Å². The lowest BCUT2D eigenvalue weighted by atomic mass is 9.91. The summed E-state index contributed by atoms with van der Waals surface area (Å²) >= 11 is 12.7. The summed E-state index contributed by atoms with van der Waals surface area (Å²) in [6.07, 6.45) is 5.78. The third-order valence-corrected chi connectivity index (χ3v) is 7.71. The fraction of sp³-hybridized carbons (Fsp3) is 0.375. The van der Waals surface area contributed by atoms with Gasteiger partial charge in [0, 0.05) is 29.4 Å². The van der Waals surface area contributed by atoms with Crippen molar-refractivity contribution in [2.75, 3.05) is 18.5 Å². The molecule has 196 valence electrons. The van der Waals surface area contributed by atoms with Crippen LogP contribution in [0.3, 0.4) is 0 Å². The second-order valence-electron chi connectivity index (χ2n) is 9.23. The Labute approximate surface area is 224 Å². The fourth-order valence-corrected chi connectivity index (χ4v) is 5.79. The zero-order valence-electron chi connectivity index (χ0n) is 19.6. The number of carbonyl (C=O) groups is 1. The predicted octanol–water partition coefficient (Wildman–Crippen LogP) is 3.64. The van der Waals surface area contributed by atoms with Gasteiger partial charge in [0.15, 0.2) is 11.0 Å². The minimum atomic E-state index is -3.98. The van der Waals surface area contributed by atoms with E-state index in [1.54, 1.807) is 6.07 Å². The van der Waals surface area contributed by atoms with E-state index in [-0.39, 0.29) is 41.2 Å². The summed E-state index contributed by atoms with van der Waals surface area (Å²) in [6.45, 7) is 0.763. The van der Waals surface area contributed by atoms with Crippen LogP contribution in [0.1, 0.15) is 58.1 Å². The Hall–Kier alpha value is -2.54. The largest absolute Gasteiger partial charge is 0.441 e. The van der Waals surface area contributed by atoms with E-state index in [1.807, 2.05) is 18.2 Å². The number of furan rings is 1. The lowest BCUT2D eigenvalue weighted by Crippen LogP contribution is -2.30. The SMILES string of the molecule is NS(=O)(=O)OC[C@@H]1CC[C@H](Nc2ncncc2C(=O)c2cc(C3NCCc4ccc(Cl)cc43)c(Cl)o2)C1. The predicted molar refractivity (Wildman–Crippen MR) is 138 cm³/mol. The van der Waals surface area contributed by atoms with E-state index >= 15 is 0 Å². The highest BCUT2D eigenvalue weighted by Crippen LogP contribution is 2.37. The first-order chi connectivity index (χ1) is 17.7. The van der Waals surface area contributed by atoms with E-state index in [0.29, 0.717) is 22.8 Å². The quantitative estimate of drug-likeness (QED) is 0.348. The van der Waals surface area contributed by atoms with Crippen LogP contribution in [0.4, 0.5) is 5.82 Å². The molecule has 2 aromatic heterocycles. The Morgan fingerprint density at radius 2 is 2.08 bits per heavy atom. The molecule has 13 heteroatoms. The number of benzene rings is 1. The highest BCUT2D eigenvalue weighted by Gasteiger charge is 2.30. The maximum atomic E-state index is 13.5. The number of carbonyl (C=O) groups excluding carboxylic acids is 1. The molecule has 1 unspecified atom stereocenters. The van der Waals surface area contributed by atoms with E-state index < -0.39 is 16.1 Å². The van der Waals surface area contributed by atoms with Gasteiger partial charge in [-0.05, 0) is 72.5 Å². The number of rotatable bonds is 8. The third-order valence-electron chi connectivity index (χ3n) is 6.72. The monoisotopic (exact) mass is 565 g/mol. The molecule has 0 amide bonds. The number of anilines is 1. The first-order valence-corrected chi connectivity index (χ1v) is 14.0. The average molecular weight is 566 g/mol. The van der Waals surface area contributed by atoms with Crippen LogP contribution in [-0.2, 0) is 20.9 Å². The molecule has 1 aliphatic carbocycles. The van der Waals surface area contributed by atoms with Gasteiger partial charge in [0.05, 0.1) is 18.2 Å². The zero-order chi connectivity index (χ0) is 26.2. The molecule has 10 nitrogen and oxygen atoms in total. The molecule has 3 atom stereocenters. The van der Waals surface area contributed by atoms with Crippen molar-refractivity contribution in [2.45, 2.75) is 37.8 Å². The number of ketones is 1. The first-order valence-electron chi connectivity index (χ1n) is 11.8. The molecule has 2 aliphatic rings. The van der Waals surface area contributed by atoms with Crippen molar-refractivity contribution in [1.82, 2.24) is 15.3 Å². The van der Waals surface area contributed by atoms with Gasteiger partial charge in [-0.25, -0.2) is 15.1 Å². The van der Waals surface area contributed by atoms with Crippen LogP contribution in [0.25, 0.3) is 0 Å². The minimum Gasteiger partial charge on any atom is -0.441 e. The molecule has 1 aromatic carbocycles. The average Bonchev–Trinajstić information content (AvgIpc) is 3.48. The number of nitrogens with zero attached hydrogens (tertiary/aromatic N) is 2. The highest BCUT2D eigenvalue weighted by molar-refractivity contribution is 7.84. The summed E-state index contributed by atoms with van der Waals surface area (Å²) in [5.74, 6) is 0.0350. The summed E-state index contributed by atoms with van der Waals surface area (Å²) in [5.41, 5.74) is 3.04. The van der Waals surface area contributed by atoms with Crippen LogP contribution < -0.4 is 15.8 Å². The Kier molecular flexibility index (Phi) is 7.53. The van der Waals surface area contributed by atoms with Gasteiger partial charge in [-0.3, -0.25) is 8.98 Å². The summed E-state index contributed by atoms with van der Waals surface area (Å²) in [7, 11) is -3.98. The standard InChI is InChI=1S/C24H25Cl2N5O5S/c25-15-3-2-14-5-6-29-21(17(14)8-15)18-9-20(36-23(18)26)22(32)19-10-28-12-30-24(19)31-16-4-1-13(7-16)11-35-37(27,33)34/h2-3,8-10,12-13,16,21,29H,1,4-7,11H2,(H2,27,33,34)(H,28,30,31)/t13-,16+,21?/m1/s1. The van der Waals surface area contributed by atoms with Gasteiger partial charge < -0.3 is 15.1 Å². The van der Waals surface area contributed by atoms with Crippen molar-refractivity contribution in [1.29, 1.82) is 0 Å². The van der Waals surface area contributed by atoms with Crippen molar-refractivity contribution >= 4 is 45.1 Å². The summed E-state index contributed by atoms with van der Waals surface area (Å²) < 4.78 is 32.6. The molecule has 4 N–H and O–H groups in total. The Balaban J connectivity index is 1.34. The Morgan fingerprint density at radius 3 is 2.89 bits per heavy atom. The molecule has 1 saturated carbocycles. The number of aromatic nitrogens is 2. The smallest absolute Gasteiger partial charge is 0.333 e. The van der Waals surface area contributed by atoms with Gasteiger partial charge in [-0.1, -0.05) is 17.7 Å². The first kappa shape index (κ1) is 26.1. The summed E-state index contributed by atoms with van der Waals surface area (Å²) in [4.78, 5) is 21.7. The minimum absolute atomic E-state index is 0.0163. The number of nitrogens with two attached hydrogens (primary N) is 1. The van der Waals surface area contributed by atoms with E-state index in [9.17, 15) is 13.2 Å². The van der Waals surface area contributed by atoms with Crippen molar-refractivity contribution in [3.05, 3.63) is 75.0 Å². The van der Waals surface area contributed by atoms with Gasteiger partial charge >= 0.3 is 10.3 Å². The molecule has 5 rings (SSSR count). The normalized spacial score (nSPS) is 21.5. The molecule has 3 heterocycles. The summed E-state index contributed by atoms with van der Waals surface area (Å²) in [5, 5.41) is 12.4. The van der Waals surface area contributed by atoms with Crippen LogP contribution in [0.5, 0.6) is 0 Å². The van der Waals surface area contributed by atoms with Gasteiger partial charge in [0.25, 0.3) is 0 Å². The van der Waals surface area contributed by atoms with Crippen LogP contribution in [0.15, 0.2) is 41.2 Å². The Morgan fingerprint density at radius 1 is 1.24 bits per heavy atom. The fourth-order valence-electron chi connectivity index (χ4n) is 4.98. The van der Waals surface area contributed by atoms with Crippen molar-refractivity contribution in [3.63, 3.8) is 0 Å². The molecule has 0 spiro atoms. The molecule has 3 aromatic rings. The highest BCUT2D eigenvalue weighted by atomic mass is 35.5. The van der Waals surface area contributed by atoms with Gasteiger partial charge in [0.1, 0.15) is 12.1 Å². The molecule has 0 bridgehead atoms. The zero-order valence-corrected chi connectivity index (χ0v) is 21.9. The van der Waals surface area contributed by atoms with Crippen molar-refractivity contribution in [3.8, 4) is 0 Å². The van der Waals surface area contributed by atoms with Crippen molar-refractivity contribution < 1.29 is 21.8 Å². The lowest BCUT2D eigenvalue weighted by Gasteiger charge is -2.26. The van der Waals surface area contributed by atoms with Crippen LogP contribution in [0, 0.1) is 5.92 Å². The Bertz CT molecular complexity index is 1430. The second-order valence-corrected chi connectivity index (χ2v) is 11.2. The number of halogens is 2. The second kappa shape index (κ2) is 10.7. The molecule has 37 heavy (non-hydrogen) atoms. The van der Waals surface area contributed by atoms with E-state index in [2.05, 4.69) is 20.6 Å². The number of fused-ring (bicyclic) bond motifs is 1. The number of hydrogen-bond donors (Lipinski definition) is 3. The van der Waals surface area contributed by atoms with E-state index in [1.165, 1.54) is 12.5 Å². The van der Waals surface area contributed by atoms with E-state index in [0.717, 1.165) is 36.9 Å². The topological polar surface area (TPSA) is 149 Å². The van der Waals surface area contributed by atoms with Crippen molar-refractivity contribution in [2.24, 2.45) is 11.1 Å². The van der Waals surface area contributed by atoms with Gasteiger partial charge in [0.2, 0.25) is 5.78 Å². The lowest BCUT2D eigenvalue weighted by molar-refractivity contribution is 0.101. The maximum absolute atomic E-state index is 13.5. The molecular weight excluding hydrogens is 541 g/mol. The molecule has 0 radical (unpaired) electrons. The third kappa shape index (κ3) is 5.97. The number of nitrogens with one attached hydrogen (secondary N) is 2. The molecular formula is C24H25Cl2N5O5S. The molecule has 1 aliphatic heterocycles. The van der Waals surface area contributed by atoms with Crippen LogP contribution in [0.2, 0.25) is 10.2 Å². The van der Waals surface area contributed by atoms with Gasteiger partial charge in [-0.15, -0.1) is 0 Å². The van der Waals surface area contributed by atoms with Gasteiger partial charge in [-0.2, -0.15) is 8.42 Å².